The molecule has 1 atom stereocenters. The lowest BCUT2D eigenvalue weighted by Crippen LogP contribution is -2.61. The van der Waals surface area contributed by atoms with E-state index in [2.05, 4.69) is 4.98 Å². The Kier molecular flexibility index (Phi) is 5.48. The molecular weight excluding hydrogens is 397 g/mol. The first-order chi connectivity index (χ1) is 13.1. The molecule has 3 heterocycles. The Morgan fingerprint density at radius 3 is 2.43 bits per heavy atom. The molecular formula is C17H19F3N4O3S. The summed E-state index contributed by atoms with van der Waals surface area (Å²) in [4.78, 5) is 17.3. The molecule has 7 nitrogen and oxygen atoms in total. The van der Waals surface area contributed by atoms with E-state index in [0.717, 1.165) is 9.21 Å². The molecule has 3 rings (SSSR count). The van der Waals surface area contributed by atoms with Gasteiger partial charge < -0.3 is 4.90 Å². The van der Waals surface area contributed by atoms with Gasteiger partial charge in [-0.05, 0) is 25.1 Å². The van der Waals surface area contributed by atoms with Gasteiger partial charge in [-0.15, -0.1) is 0 Å². The van der Waals surface area contributed by atoms with Crippen LogP contribution in [0.5, 0.6) is 0 Å². The molecule has 0 saturated carbocycles. The van der Waals surface area contributed by atoms with Crippen LogP contribution < -0.4 is 10.5 Å². The van der Waals surface area contributed by atoms with Gasteiger partial charge in [0, 0.05) is 38.1 Å². The molecule has 1 aliphatic heterocycles. The summed E-state index contributed by atoms with van der Waals surface area (Å²) in [5, 5.41) is 0. The highest BCUT2D eigenvalue weighted by atomic mass is 32.2. The van der Waals surface area contributed by atoms with Gasteiger partial charge in [-0.25, -0.2) is 8.42 Å². The molecule has 0 aromatic carbocycles. The molecule has 0 spiro atoms. The van der Waals surface area contributed by atoms with Gasteiger partial charge in [0.2, 0.25) is 10.0 Å². The van der Waals surface area contributed by atoms with Crippen LogP contribution >= 0.6 is 0 Å². The average Bonchev–Trinajstić information content (AvgIpc) is 2.67. The monoisotopic (exact) mass is 416 g/mol. The quantitative estimate of drug-likeness (QED) is 0.758. The maximum Gasteiger partial charge on any atom is 0.410 e. The zero-order valence-corrected chi connectivity index (χ0v) is 15.8. The number of nitrogens with zero attached hydrogens (tertiary/aromatic N) is 4. The van der Waals surface area contributed by atoms with Crippen molar-refractivity contribution in [3.8, 4) is 5.69 Å². The van der Waals surface area contributed by atoms with Crippen molar-refractivity contribution in [3.05, 3.63) is 53.1 Å². The van der Waals surface area contributed by atoms with E-state index in [-0.39, 0.29) is 24.7 Å². The maximum atomic E-state index is 13.8. The van der Waals surface area contributed by atoms with Gasteiger partial charge in [0.25, 0.3) is 5.56 Å². The van der Waals surface area contributed by atoms with Crippen LogP contribution in [0.25, 0.3) is 5.69 Å². The fraction of sp³-hybridized carbons (Fsp3) is 0.412. The summed E-state index contributed by atoms with van der Waals surface area (Å²) in [6.07, 6.45) is -1.81. The predicted octanol–water partition coefficient (Wildman–Crippen LogP) is 1.64. The molecule has 1 aliphatic rings. The standard InChI is InChI=1S/C17H19F3N4O3S/c1-2-28(26,27)22-10-11-23(14(12-22)17(18,19)20)15-4-3-5-16(25)24(15)13-6-8-21-9-7-13/h3-9,14H,2,10-12H2,1H3. The molecule has 0 amide bonds. The zero-order valence-electron chi connectivity index (χ0n) is 15.0. The highest BCUT2D eigenvalue weighted by Gasteiger charge is 2.49. The minimum atomic E-state index is -4.68. The van der Waals surface area contributed by atoms with Crippen molar-refractivity contribution >= 4 is 15.8 Å². The number of pyridine rings is 2. The number of anilines is 1. The van der Waals surface area contributed by atoms with Gasteiger partial charge in [0.1, 0.15) is 11.9 Å². The van der Waals surface area contributed by atoms with Gasteiger partial charge in [0.05, 0.1) is 11.4 Å². The van der Waals surface area contributed by atoms with Crippen molar-refractivity contribution in [2.24, 2.45) is 0 Å². The van der Waals surface area contributed by atoms with Crippen LogP contribution in [0.3, 0.4) is 0 Å². The molecule has 1 unspecified atom stereocenters. The van der Waals surface area contributed by atoms with E-state index in [4.69, 9.17) is 0 Å². The van der Waals surface area contributed by atoms with E-state index in [0.29, 0.717) is 5.69 Å². The Balaban J connectivity index is 2.09. The number of hydrogen-bond acceptors (Lipinski definition) is 5. The summed E-state index contributed by atoms with van der Waals surface area (Å²) in [6.45, 7) is 0.377. The third-order valence-electron chi connectivity index (χ3n) is 4.63. The topological polar surface area (TPSA) is 75.5 Å². The van der Waals surface area contributed by atoms with Crippen molar-refractivity contribution in [2.45, 2.75) is 19.1 Å². The first-order valence-electron chi connectivity index (χ1n) is 8.59. The number of alkyl halides is 3. The van der Waals surface area contributed by atoms with Gasteiger partial charge in [-0.1, -0.05) is 6.07 Å². The Morgan fingerprint density at radius 2 is 1.82 bits per heavy atom. The highest BCUT2D eigenvalue weighted by molar-refractivity contribution is 7.89. The summed E-state index contributed by atoms with van der Waals surface area (Å²) < 4.78 is 67.7. The average molecular weight is 416 g/mol. The smallest absolute Gasteiger partial charge is 0.343 e. The molecule has 28 heavy (non-hydrogen) atoms. The molecule has 2 aromatic rings. The first-order valence-corrected chi connectivity index (χ1v) is 10.2. The van der Waals surface area contributed by atoms with Crippen LogP contribution in [0.15, 0.2) is 47.5 Å². The van der Waals surface area contributed by atoms with Crippen LogP contribution in [0.2, 0.25) is 0 Å². The Labute approximate surface area is 160 Å². The zero-order chi connectivity index (χ0) is 20.5. The lowest BCUT2D eigenvalue weighted by Gasteiger charge is -2.43. The highest BCUT2D eigenvalue weighted by Crippen LogP contribution is 2.32. The number of hydrogen-bond donors (Lipinski definition) is 0. The second kappa shape index (κ2) is 7.55. The molecule has 0 N–H and O–H groups in total. The van der Waals surface area contributed by atoms with Crippen LogP contribution in [0.1, 0.15) is 6.92 Å². The van der Waals surface area contributed by atoms with Crippen molar-refractivity contribution < 1.29 is 21.6 Å². The maximum absolute atomic E-state index is 13.8. The fourth-order valence-corrected chi connectivity index (χ4v) is 4.30. The summed E-state index contributed by atoms with van der Waals surface area (Å²) in [5.74, 6) is -0.223. The molecule has 2 aromatic heterocycles. The first kappa shape index (κ1) is 20.3. The SMILES string of the molecule is CCS(=O)(=O)N1CCN(c2cccc(=O)n2-c2ccncc2)C(C(F)(F)F)C1. The van der Waals surface area contributed by atoms with Gasteiger partial charge in [0.15, 0.2) is 0 Å². The van der Waals surface area contributed by atoms with E-state index in [1.54, 1.807) is 0 Å². The summed E-state index contributed by atoms with van der Waals surface area (Å²) >= 11 is 0. The Hall–Kier alpha value is -2.40. The molecule has 152 valence electrons. The van der Waals surface area contributed by atoms with E-state index >= 15 is 0 Å². The van der Waals surface area contributed by atoms with Crippen LogP contribution in [-0.4, -0.2) is 59.9 Å². The lowest BCUT2D eigenvalue weighted by molar-refractivity contribution is -0.153. The largest absolute Gasteiger partial charge is 0.410 e. The second-order valence-corrected chi connectivity index (χ2v) is 8.53. The molecule has 0 radical (unpaired) electrons. The van der Waals surface area contributed by atoms with Gasteiger partial charge in [-0.2, -0.15) is 17.5 Å². The van der Waals surface area contributed by atoms with Crippen molar-refractivity contribution in [1.29, 1.82) is 0 Å². The van der Waals surface area contributed by atoms with Gasteiger partial charge >= 0.3 is 6.18 Å². The van der Waals surface area contributed by atoms with Crippen molar-refractivity contribution in [3.63, 3.8) is 0 Å². The summed E-state index contributed by atoms with van der Waals surface area (Å²) in [6, 6.07) is 5.03. The van der Waals surface area contributed by atoms with E-state index in [9.17, 15) is 26.4 Å². The number of rotatable bonds is 4. The molecule has 0 aliphatic carbocycles. The van der Waals surface area contributed by atoms with Crippen LogP contribution in [0.4, 0.5) is 19.0 Å². The normalized spacial score (nSPS) is 19.0. The fourth-order valence-electron chi connectivity index (χ4n) is 3.20. The molecule has 11 heteroatoms. The Morgan fingerprint density at radius 1 is 1.14 bits per heavy atom. The van der Waals surface area contributed by atoms with Crippen LogP contribution in [0, 0.1) is 0 Å². The number of piperazine rings is 1. The second-order valence-electron chi connectivity index (χ2n) is 6.27. The predicted molar refractivity (Wildman–Crippen MR) is 98.1 cm³/mol. The van der Waals surface area contributed by atoms with Crippen molar-refractivity contribution in [2.75, 3.05) is 30.3 Å². The third-order valence-corrected chi connectivity index (χ3v) is 6.48. The minimum Gasteiger partial charge on any atom is -0.343 e. The minimum absolute atomic E-state index is 0.0505. The number of sulfonamides is 1. The summed E-state index contributed by atoms with van der Waals surface area (Å²) in [5.41, 5.74) is -0.117. The number of aromatic nitrogens is 2. The van der Waals surface area contributed by atoms with Gasteiger partial charge in [-0.3, -0.25) is 14.3 Å². The van der Waals surface area contributed by atoms with Crippen LogP contribution in [-0.2, 0) is 10.0 Å². The summed E-state index contributed by atoms with van der Waals surface area (Å²) in [7, 11) is -3.76. The molecule has 1 fully saturated rings. The lowest BCUT2D eigenvalue weighted by atomic mass is 10.1. The number of halogens is 3. The van der Waals surface area contributed by atoms with E-state index in [1.165, 1.54) is 54.2 Å². The van der Waals surface area contributed by atoms with Crippen molar-refractivity contribution in [1.82, 2.24) is 13.9 Å². The molecule has 1 saturated heterocycles. The van der Waals surface area contributed by atoms with E-state index < -0.39 is 34.3 Å². The molecule has 0 bridgehead atoms. The third kappa shape index (κ3) is 3.90. The Bertz CT molecular complexity index is 993. The van der Waals surface area contributed by atoms with E-state index in [1.807, 2.05) is 0 Å².